The van der Waals surface area contributed by atoms with Crippen molar-refractivity contribution in [3.63, 3.8) is 0 Å². The van der Waals surface area contributed by atoms with Crippen molar-refractivity contribution in [2.45, 2.75) is 18.7 Å². The molecular formula is C13H11BrClIS. The Morgan fingerprint density at radius 3 is 2.53 bits per heavy atom. The van der Waals surface area contributed by atoms with E-state index < -0.39 is 0 Å². The zero-order valence-corrected chi connectivity index (χ0v) is 14.7. The Labute approximate surface area is 133 Å². The van der Waals surface area contributed by atoms with Gasteiger partial charge in [-0.05, 0) is 65.8 Å². The molecule has 0 saturated carbocycles. The molecule has 1 unspecified atom stereocenters. The van der Waals surface area contributed by atoms with Gasteiger partial charge < -0.3 is 0 Å². The van der Waals surface area contributed by atoms with Gasteiger partial charge in [0.15, 0.2) is 0 Å². The third kappa shape index (κ3) is 3.06. The molecule has 1 aromatic heterocycles. The van der Waals surface area contributed by atoms with Gasteiger partial charge >= 0.3 is 0 Å². The maximum Gasteiger partial charge on any atom is 0.0655 e. The summed E-state index contributed by atoms with van der Waals surface area (Å²) in [7, 11) is 0. The molecule has 4 heteroatoms. The minimum atomic E-state index is 0.224. The molecule has 17 heavy (non-hydrogen) atoms. The van der Waals surface area contributed by atoms with E-state index >= 15 is 0 Å². The number of rotatable bonds is 2. The van der Waals surface area contributed by atoms with Gasteiger partial charge in [-0.15, -0.1) is 11.3 Å². The number of benzene rings is 1. The lowest BCUT2D eigenvalue weighted by molar-refractivity contribution is 1.17. The van der Waals surface area contributed by atoms with Gasteiger partial charge in [0, 0.05) is 13.3 Å². The van der Waals surface area contributed by atoms with Crippen molar-refractivity contribution in [1.82, 2.24) is 0 Å². The van der Waals surface area contributed by atoms with Crippen LogP contribution >= 0.6 is 61.5 Å². The Morgan fingerprint density at radius 2 is 2.00 bits per heavy atom. The maximum atomic E-state index is 6.16. The van der Waals surface area contributed by atoms with Crippen molar-refractivity contribution in [1.29, 1.82) is 0 Å². The summed E-state index contributed by atoms with van der Waals surface area (Å²) in [5.74, 6) is 0. The largest absolute Gasteiger partial charge is 0.146 e. The molecule has 2 rings (SSSR count). The monoisotopic (exact) mass is 440 g/mol. The second-order valence-corrected chi connectivity index (χ2v) is 7.85. The molecular weight excluding hydrogens is 430 g/mol. The van der Waals surface area contributed by atoms with Gasteiger partial charge in [-0.2, -0.15) is 0 Å². The third-order valence-electron chi connectivity index (χ3n) is 2.59. The van der Waals surface area contributed by atoms with Crippen LogP contribution in [0, 0.1) is 17.4 Å². The van der Waals surface area contributed by atoms with Crippen molar-refractivity contribution in [3.05, 3.63) is 53.7 Å². The van der Waals surface area contributed by atoms with Crippen LogP contribution in [-0.2, 0) is 0 Å². The summed E-state index contributed by atoms with van der Waals surface area (Å²) in [6, 6.07) is 8.46. The first-order chi connectivity index (χ1) is 7.99. The van der Waals surface area contributed by atoms with Gasteiger partial charge in [0.25, 0.3) is 0 Å². The van der Waals surface area contributed by atoms with Crippen molar-refractivity contribution in [3.8, 4) is 0 Å². The van der Waals surface area contributed by atoms with Crippen LogP contribution in [0.3, 0.4) is 0 Å². The first-order valence-electron chi connectivity index (χ1n) is 5.15. The smallest absolute Gasteiger partial charge is 0.0655 e. The normalized spacial score (nSPS) is 12.8. The molecule has 0 spiro atoms. The second kappa shape index (κ2) is 5.59. The molecule has 0 nitrogen and oxygen atoms in total. The fraction of sp³-hybridized carbons (Fsp3) is 0.231. The van der Waals surface area contributed by atoms with Gasteiger partial charge in [-0.3, -0.25) is 0 Å². The molecule has 0 aliphatic heterocycles. The Hall–Kier alpha value is 0.420. The first-order valence-corrected chi connectivity index (χ1v) is 8.34. The highest BCUT2D eigenvalue weighted by Gasteiger charge is 2.15. The molecule has 0 aliphatic carbocycles. The van der Waals surface area contributed by atoms with Gasteiger partial charge in [-0.1, -0.05) is 33.6 Å². The predicted molar refractivity (Wildman–Crippen MR) is 88.7 cm³/mol. The Balaban J connectivity index is 2.40. The lowest BCUT2D eigenvalue weighted by Crippen LogP contribution is -1.93. The van der Waals surface area contributed by atoms with Crippen molar-refractivity contribution in [2.75, 3.05) is 0 Å². The summed E-state index contributed by atoms with van der Waals surface area (Å²) in [6.07, 6.45) is 0. The van der Waals surface area contributed by atoms with Crippen LogP contribution in [0.25, 0.3) is 0 Å². The minimum Gasteiger partial charge on any atom is -0.146 e. The van der Waals surface area contributed by atoms with Gasteiger partial charge in [0.05, 0.1) is 9.85 Å². The summed E-state index contributed by atoms with van der Waals surface area (Å²) in [4.78, 5) is 2.93. The fourth-order valence-electron chi connectivity index (χ4n) is 1.75. The maximum absolute atomic E-state index is 6.16. The van der Waals surface area contributed by atoms with Crippen LogP contribution in [0.4, 0.5) is 0 Å². The van der Waals surface area contributed by atoms with E-state index in [1.165, 1.54) is 20.9 Å². The lowest BCUT2D eigenvalue weighted by atomic mass is 10.1. The molecule has 0 fully saturated rings. The SMILES string of the molecule is Cc1cc(C(Br)c2ccc(I)c(Cl)c2)c(C)s1. The highest BCUT2D eigenvalue weighted by Crippen LogP contribution is 2.37. The van der Waals surface area contributed by atoms with E-state index in [0.717, 1.165) is 8.59 Å². The van der Waals surface area contributed by atoms with Gasteiger partial charge in [-0.25, -0.2) is 0 Å². The zero-order valence-electron chi connectivity index (χ0n) is 9.43. The van der Waals surface area contributed by atoms with Gasteiger partial charge in [0.2, 0.25) is 0 Å². The number of hydrogen-bond acceptors (Lipinski definition) is 1. The Kier molecular flexibility index (Phi) is 4.55. The quantitative estimate of drug-likeness (QED) is 0.390. The average molecular weight is 442 g/mol. The molecule has 0 amide bonds. The van der Waals surface area contributed by atoms with Crippen LogP contribution in [0.5, 0.6) is 0 Å². The van der Waals surface area contributed by atoms with E-state index in [4.69, 9.17) is 11.6 Å². The van der Waals surface area contributed by atoms with Crippen LogP contribution in [0.1, 0.15) is 25.7 Å². The van der Waals surface area contributed by atoms with E-state index in [1.807, 2.05) is 17.4 Å². The topological polar surface area (TPSA) is 0 Å². The molecule has 1 aromatic carbocycles. The van der Waals surface area contributed by atoms with Crippen molar-refractivity contribution < 1.29 is 0 Å². The highest BCUT2D eigenvalue weighted by molar-refractivity contribution is 14.1. The number of alkyl halides is 1. The molecule has 1 heterocycles. The molecule has 0 N–H and O–H groups in total. The molecule has 0 bridgehead atoms. The summed E-state index contributed by atoms with van der Waals surface area (Å²) in [6.45, 7) is 4.30. The molecule has 0 aliphatic rings. The third-order valence-corrected chi connectivity index (χ3v) is 6.16. The molecule has 2 aromatic rings. The second-order valence-electron chi connectivity index (χ2n) is 3.90. The number of halogens is 3. The van der Waals surface area contributed by atoms with Crippen LogP contribution in [0.2, 0.25) is 5.02 Å². The summed E-state index contributed by atoms with van der Waals surface area (Å²) in [5, 5.41) is 0.817. The lowest BCUT2D eigenvalue weighted by Gasteiger charge is -2.11. The van der Waals surface area contributed by atoms with Crippen molar-refractivity contribution >= 4 is 61.5 Å². The van der Waals surface area contributed by atoms with Crippen LogP contribution in [0.15, 0.2) is 24.3 Å². The molecule has 0 radical (unpaired) electrons. The van der Waals surface area contributed by atoms with Crippen molar-refractivity contribution in [2.24, 2.45) is 0 Å². The zero-order chi connectivity index (χ0) is 12.6. The van der Waals surface area contributed by atoms with Gasteiger partial charge in [0.1, 0.15) is 0 Å². The highest BCUT2D eigenvalue weighted by atomic mass is 127. The number of thiophene rings is 1. The first kappa shape index (κ1) is 13.8. The van der Waals surface area contributed by atoms with Crippen LogP contribution in [-0.4, -0.2) is 0 Å². The molecule has 1 atom stereocenters. The summed E-state index contributed by atoms with van der Waals surface area (Å²) >= 11 is 14.0. The van der Waals surface area contributed by atoms with E-state index in [1.54, 1.807) is 0 Å². The predicted octanol–water partition coefficient (Wildman–Crippen LogP) is 6.11. The van der Waals surface area contributed by atoms with E-state index in [2.05, 4.69) is 70.6 Å². The average Bonchev–Trinajstić information content (AvgIpc) is 2.61. The van der Waals surface area contributed by atoms with E-state index in [0.29, 0.717) is 0 Å². The molecule has 90 valence electrons. The van der Waals surface area contributed by atoms with E-state index in [9.17, 15) is 0 Å². The van der Waals surface area contributed by atoms with E-state index in [-0.39, 0.29) is 4.83 Å². The Morgan fingerprint density at radius 1 is 1.29 bits per heavy atom. The number of hydrogen-bond donors (Lipinski definition) is 0. The summed E-state index contributed by atoms with van der Waals surface area (Å²) in [5.41, 5.74) is 2.54. The summed E-state index contributed by atoms with van der Waals surface area (Å²) < 4.78 is 1.09. The fourth-order valence-corrected chi connectivity index (χ4v) is 4.15. The Bertz CT molecular complexity index is 550. The molecule has 0 saturated heterocycles. The number of aryl methyl sites for hydroxylation is 2. The minimum absolute atomic E-state index is 0.224. The van der Waals surface area contributed by atoms with Crippen LogP contribution < -0.4 is 0 Å². The standard InChI is InChI=1S/C13H11BrClIS/c1-7-5-10(8(2)17-7)13(14)9-3-4-12(16)11(15)6-9/h3-6,13H,1-2H3.